The molecule has 1 aromatic rings. The molecular weight excluding hydrogens is 318 g/mol. The number of imide groups is 1. The molecule has 0 radical (unpaired) electrons. The molecule has 0 fully saturated rings. The molecule has 0 aliphatic carbocycles. The number of ether oxygens (including phenoxy) is 1. The lowest BCUT2D eigenvalue weighted by atomic mass is 10.3. The maximum atomic E-state index is 11.7. The summed E-state index contributed by atoms with van der Waals surface area (Å²) in [7, 11) is 1.82. The largest absolute Gasteiger partial charge is 0.493 e. The predicted octanol–water partition coefficient (Wildman–Crippen LogP) is 2.28. The van der Waals surface area contributed by atoms with Crippen LogP contribution in [0.25, 0.3) is 0 Å². The van der Waals surface area contributed by atoms with Crippen molar-refractivity contribution in [2.45, 2.75) is 19.8 Å². The highest BCUT2D eigenvalue weighted by Gasteiger charge is 2.09. The maximum absolute atomic E-state index is 11.7. The number of nitrogens with zero attached hydrogens (tertiary/aromatic N) is 1. The van der Waals surface area contributed by atoms with Crippen molar-refractivity contribution >= 4 is 23.5 Å². The summed E-state index contributed by atoms with van der Waals surface area (Å²) in [6.07, 6.45) is 1.59. The molecule has 23 heavy (non-hydrogen) atoms. The molecule has 0 aromatic heterocycles. The van der Waals surface area contributed by atoms with Gasteiger partial charge < -0.3 is 10.1 Å². The SMILES string of the molecule is CCCNC(=O)NC(=O)CN(C)CCCOc1cccc(Cl)c1. The monoisotopic (exact) mass is 341 g/mol. The van der Waals surface area contributed by atoms with Gasteiger partial charge in [0, 0.05) is 18.1 Å². The third-order valence-electron chi connectivity index (χ3n) is 2.95. The third kappa shape index (κ3) is 9.05. The van der Waals surface area contributed by atoms with E-state index in [0.717, 1.165) is 18.6 Å². The maximum Gasteiger partial charge on any atom is 0.321 e. The summed E-state index contributed by atoms with van der Waals surface area (Å²) >= 11 is 5.87. The summed E-state index contributed by atoms with van der Waals surface area (Å²) in [5.41, 5.74) is 0. The van der Waals surface area contributed by atoms with Gasteiger partial charge in [0.05, 0.1) is 13.2 Å². The molecule has 128 valence electrons. The lowest BCUT2D eigenvalue weighted by molar-refractivity contribution is -0.120. The normalized spacial score (nSPS) is 10.4. The van der Waals surface area contributed by atoms with E-state index in [1.807, 2.05) is 31.0 Å². The van der Waals surface area contributed by atoms with Crippen LogP contribution in [-0.2, 0) is 4.79 Å². The van der Waals surface area contributed by atoms with Crippen LogP contribution >= 0.6 is 11.6 Å². The Kier molecular flexibility index (Phi) is 9.09. The average molecular weight is 342 g/mol. The second-order valence-corrected chi connectivity index (χ2v) is 5.64. The van der Waals surface area contributed by atoms with Crippen molar-refractivity contribution in [3.63, 3.8) is 0 Å². The molecule has 1 aromatic carbocycles. The van der Waals surface area contributed by atoms with Crippen LogP contribution in [0, 0.1) is 0 Å². The fourth-order valence-electron chi connectivity index (χ4n) is 1.85. The van der Waals surface area contributed by atoms with Crippen LogP contribution in [0.15, 0.2) is 24.3 Å². The zero-order valence-electron chi connectivity index (χ0n) is 13.6. The minimum Gasteiger partial charge on any atom is -0.493 e. The average Bonchev–Trinajstić information content (AvgIpc) is 2.49. The van der Waals surface area contributed by atoms with E-state index in [4.69, 9.17) is 16.3 Å². The van der Waals surface area contributed by atoms with Gasteiger partial charge in [-0.1, -0.05) is 24.6 Å². The van der Waals surface area contributed by atoms with Gasteiger partial charge in [0.2, 0.25) is 5.91 Å². The van der Waals surface area contributed by atoms with E-state index in [0.29, 0.717) is 24.7 Å². The Labute approximate surface area is 142 Å². The molecule has 0 saturated carbocycles. The Morgan fingerprint density at radius 2 is 2.13 bits per heavy atom. The van der Waals surface area contributed by atoms with Crippen molar-refractivity contribution in [3.05, 3.63) is 29.3 Å². The standard InChI is InChI=1S/C16H24ClN3O3/c1-3-8-18-16(22)19-15(21)12-20(2)9-5-10-23-14-7-4-6-13(17)11-14/h4,6-7,11H,3,5,8-10,12H2,1-2H3,(H2,18,19,21,22). The first-order chi connectivity index (χ1) is 11.0. The van der Waals surface area contributed by atoms with Gasteiger partial charge in [0.15, 0.2) is 0 Å². The zero-order chi connectivity index (χ0) is 17.1. The van der Waals surface area contributed by atoms with E-state index in [9.17, 15) is 9.59 Å². The van der Waals surface area contributed by atoms with Crippen molar-refractivity contribution in [2.24, 2.45) is 0 Å². The summed E-state index contributed by atoms with van der Waals surface area (Å²) in [5, 5.41) is 5.52. The number of amides is 3. The first-order valence-electron chi connectivity index (χ1n) is 7.66. The third-order valence-corrected chi connectivity index (χ3v) is 3.19. The number of benzene rings is 1. The van der Waals surface area contributed by atoms with Crippen LogP contribution in [0.3, 0.4) is 0 Å². The minimum atomic E-state index is -0.450. The Bertz CT molecular complexity index is 511. The quantitative estimate of drug-likeness (QED) is 0.676. The Balaban J connectivity index is 2.15. The van der Waals surface area contributed by atoms with Crippen molar-refractivity contribution < 1.29 is 14.3 Å². The molecule has 0 aliphatic heterocycles. The first kappa shape index (κ1) is 19.3. The number of likely N-dealkylation sites (N-methyl/N-ethyl adjacent to an activating group) is 1. The summed E-state index contributed by atoms with van der Waals surface area (Å²) in [6.45, 7) is 3.88. The number of carbonyl (C=O) groups is 2. The first-order valence-corrected chi connectivity index (χ1v) is 8.03. The van der Waals surface area contributed by atoms with Gasteiger partial charge in [-0.25, -0.2) is 4.79 Å². The molecule has 0 saturated heterocycles. The lowest BCUT2D eigenvalue weighted by Gasteiger charge is -2.16. The minimum absolute atomic E-state index is 0.163. The van der Waals surface area contributed by atoms with E-state index < -0.39 is 6.03 Å². The van der Waals surface area contributed by atoms with E-state index in [-0.39, 0.29) is 12.5 Å². The van der Waals surface area contributed by atoms with Gasteiger partial charge in [0.25, 0.3) is 0 Å². The van der Waals surface area contributed by atoms with Gasteiger partial charge >= 0.3 is 6.03 Å². The van der Waals surface area contributed by atoms with Crippen molar-refractivity contribution in [1.29, 1.82) is 0 Å². The number of hydrogen-bond donors (Lipinski definition) is 2. The molecule has 0 spiro atoms. The number of rotatable bonds is 9. The second kappa shape index (κ2) is 10.9. The Morgan fingerprint density at radius 3 is 2.83 bits per heavy atom. The highest BCUT2D eigenvalue weighted by Crippen LogP contribution is 2.17. The molecule has 0 atom stereocenters. The zero-order valence-corrected chi connectivity index (χ0v) is 14.4. The fourth-order valence-corrected chi connectivity index (χ4v) is 2.03. The van der Waals surface area contributed by atoms with Crippen LogP contribution in [-0.4, -0.2) is 50.1 Å². The number of hydrogen-bond acceptors (Lipinski definition) is 4. The topological polar surface area (TPSA) is 70.7 Å². The van der Waals surface area contributed by atoms with Gasteiger partial charge in [0.1, 0.15) is 5.75 Å². The highest BCUT2D eigenvalue weighted by molar-refractivity contribution is 6.30. The number of nitrogens with one attached hydrogen (secondary N) is 2. The van der Waals surface area contributed by atoms with Gasteiger partial charge in [-0.2, -0.15) is 0 Å². The van der Waals surface area contributed by atoms with Crippen LogP contribution in [0.2, 0.25) is 5.02 Å². The Morgan fingerprint density at radius 1 is 1.35 bits per heavy atom. The molecule has 0 bridgehead atoms. The van der Waals surface area contributed by atoms with Crippen LogP contribution in [0.5, 0.6) is 5.75 Å². The molecule has 0 unspecified atom stereocenters. The van der Waals surface area contributed by atoms with Gasteiger partial charge in [-0.15, -0.1) is 0 Å². The second-order valence-electron chi connectivity index (χ2n) is 5.20. The van der Waals surface area contributed by atoms with E-state index >= 15 is 0 Å². The molecule has 0 aliphatic rings. The van der Waals surface area contributed by atoms with E-state index in [1.165, 1.54) is 0 Å². The molecule has 6 nitrogen and oxygen atoms in total. The molecule has 7 heteroatoms. The van der Waals surface area contributed by atoms with E-state index in [2.05, 4.69) is 10.6 Å². The number of halogens is 1. The smallest absolute Gasteiger partial charge is 0.321 e. The van der Waals surface area contributed by atoms with Crippen molar-refractivity contribution in [2.75, 3.05) is 33.3 Å². The molecule has 3 amide bonds. The summed E-state index contributed by atoms with van der Waals surface area (Å²) in [6, 6.07) is 6.77. The highest BCUT2D eigenvalue weighted by atomic mass is 35.5. The molecule has 1 rings (SSSR count). The van der Waals surface area contributed by atoms with E-state index in [1.54, 1.807) is 12.1 Å². The Hall–Kier alpha value is -1.79. The molecule has 2 N–H and O–H groups in total. The van der Waals surface area contributed by atoms with Crippen LogP contribution in [0.4, 0.5) is 4.79 Å². The summed E-state index contributed by atoms with van der Waals surface area (Å²) in [4.78, 5) is 24.8. The molecular formula is C16H24ClN3O3. The predicted molar refractivity (Wildman–Crippen MR) is 90.9 cm³/mol. The van der Waals surface area contributed by atoms with Gasteiger partial charge in [-0.3, -0.25) is 15.0 Å². The summed E-state index contributed by atoms with van der Waals surface area (Å²) in [5.74, 6) is 0.405. The number of carbonyl (C=O) groups excluding carboxylic acids is 2. The van der Waals surface area contributed by atoms with Crippen LogP contribution < -0.4 is 15.4 Å². The fraction of sp³-hybridized carbons (Fsp3) is 0.500. The summed E-state index contributed by atoms with van der Waals surface area (Å²) < 4.78 is 5.58. The van der Waals surface area contributed by atoms with Crippen molar-refractivity contribution in [3.8, 4) is 5.75 Å². The van der Waals surface area contributed by atoms with Crippen LogP contribution in [0.1, 0.15) is 19.8 Å². The molecule has 0 heterocycles. The van der Waals surface area contributed by atoms with Gasteiger partial charge in [-0.05, 0) is 38.1 Å². The number of urea groups is 1. The lowest BCUT2D eigenvalue weighted by Crippen LogP contribution is -2.44. The van der Waals surface area contributed by atoms with Crippen molar-refractivity contribution in [1.82, 2.24) is 15.5 Å².